The molecule has 104 valence electrons. The third-order valence-electron chi connectivity index (χ3n) is 3.78. The predicted molar refractivity (Wildman–Crippen MR) is 77.7 cm³/mol. The normalized spacial score (nSPS) is 21.2. The molecule has 0 radical (unpaired) electrons. The number of ether oxygens (including phenoxy) is 1. The molecule has 1 aliphatic rings. The predicted octanol–water partition coefficient (Wildman–Crippen LogP) is 2.82. The molecule has 0 atom stereocenters. The number of aliphatic hydroxyl groups is 1. The van der Waals surface area contributed by atoms with E-state index >= 15 is 0 Å². The minimum Gasteiger partial charge on any atom is -0.493 e. The monoisotopic (exact) mass is 269 g/mol. The summed E-state index contributed by atoms with van der Waals surface area (Å²) in [5.74, 6) is 1.42. The SMILES string of the molecule is OC1CC(COc2ccc(Cc3ccncc3)cc2)C1. The average Bonchev–Trinajstić information content (AvgIpc) is 2.45. The number of pyridine rings is 1. The van der Waals surface area contributed by atoms with Gasteiger partial charge in [-0.15, -0.1) is 0 Å². The zero-order valence-corrected chi connectivity index (χ0v) is 11.4. The van der Waals surface area contributed by atoms with Crippen LogP contribution in [-0.4, -0.2) is 22.8 Å². The van der Waals surface area contributed by atoms with Crippen LogP contribution in [0.25, 0.3) is 0 Å². The van der Waals surface area contributed by atoms with E-state index in [9.17, 15) is 5.11 Å². The van der Waals surface area contributed by atoms with Gasteiger partial charge in [0.05, 0.1) is 12.7 Å². The summed E-state index contributed by atoms with van der Waals surface area (Å²) in [6, 6.07) is 12.3. The summed E-state index contributed by atoms with van der Waals surface area (Å²) in [4.78, 5) is 4.02. The Labute approximate surface area is 119 Å². The smallest absolute Gasteiger partial charge is 0.119 e. The minimum absolute atomic E-state index is 0.105. The Kier molecular flexibility index (Phi) is 3.97. The number of hydrogen-bond donors (Lipinski definition) is 1. The first-order valence-electron chi connectivity index (χ1n) is 7.08. The van der Waals surface area contributed by atoms with Gasteiger partial charge in [-0.3, -0.25) is 4.98 Å². The van der Waals surface area contributed by atoms with Crippen molar-refractivity contribution in [3.8, 4) is 5.75 Å². The molecule has 2 aromatic rings. The van der Waals surface area contributed by atoms with Gasteiger partial charge in [0.15, 0.2) is 0 Å². The standard InChI is InChI=1S/C17H19NO2/c19-16-10-15(11-16)12-20-17-3-1-13(2-4-17)9-14-5-7-18-8-6-14/h1-8,15-16,19H,9-12H2. The van der Waals surface area contributed by atoms with Crippen molar-refractivity contribution in [3.05, 3.63) is 59.9 Å². The highest BCUT2D eigenvalue weighted by Gasteiger charge is 2.27. The fourth-order valence-corrected chi connectivity index (χ4v) is 2.49. The van der Waals surface area contributed by atoms with Gasteiger partial charge in [0.1, 0.15) is 5.75 Å². The maximum Gasteiger partial charge on any atom is 0.119 e. The molecule has 0 bridgehead atoms. The second kappa shape index (κ2) is 6.06. The minimum atomic E-state index is -0.105. The van der Waals surface area contributed by atoms with Crippen LogP contribution >= 0.6 is 0 Å². The van der Waals surface area contributed by atoms with E-state index in [-0.39, 0.29) is 6.10 Å². The number of benzene rings is 1. The molecule has 0 spiro atoms. The van der Waals surface area contributed by atoms with E-state index in [0.717, 1.165) is 25.0 Å². The molecule has 3 nitrogen and oxygen atoms in total. The quantitative estimate of drug-likeness (QED) is 0.907. The van der Waals surface area contributed by atoms with Crippen molar-refractivity contribution in [3.63, 3.8) is 0 Å². The largest absolute Gasteiger partial charge is 0.493 e. The van der Waals surface area contributed by atoms with Crippen LogP contribution in [0.15, 0.2) is 48.8 Å². The molecular formula is C17H19NO2. The Hall–Kier alpha value is -1.87. The molecule has 1 N–H and O–H groups in total. The maximum absolute atomic E-state index is 9.23. The number of aliphatic hydroxyl groups excluding tert-OH is 1. The Balaban J connectivity index is 1.52. The zero-order chi connectivity index (χ0) is 13.8. The van der Waals surface area contributed by atoms with Gasteiger partial charge >= 0.3 is 0 Å². The first kappa shape index (κ1) is 13.1. The summed E-state index contributed by atoms with van der Waals surface area (Å²) in [5, 5.41) is 9.23. The summed E-state index contributed by atoms with van der Waals surface area (Å²) >= 11 is 0. The molecule has 20 heavy (non-hydrogen) atoms. The third kappa shape index (κ3) is 3.36. The molecule has 1 heterocycles. The van der Waals surface area contributed by atoms with Crippen LogP contribution in [0.4, 0.5) is 0 Å². The van der Waals surface area contributed by atoms with E-state index in [1.165, 1.54) is 11.1 Å². The fourth-order valence-electron chi connectivity index (χ4n) is 2.49. The van der Waals surface area contributed by atoms with Crippen LogP contribution in [0.3, 0.4) is 0 Å². The van der Waals surface area contributed by atoms with Crippen LogP contribution in [0.2, 0.25) is 0 Å². The number of aromatic nitrogens is 1. The zero-order valence-electron chi connectivity index (χ0n) is 11.4. The lowest BCUT2D eigenvalue weighted by molar-refractivity contribution is 0.0203. The molecule has 0 aliphatic heterocycles. The number of rotatable bonds is 5. The topological polar surface area (TPSA) is 42.4 Å². The van der Waals surface area contributed by atoms with Crippen LogP contribution in [0, 0.1) is 5.92 Å². The molecule has 0 amide bonds. The molecule has 1 fully saturated rings. The summed E-state index contributed by atoms with van der Waals surface area (Å²) in [5.41, 5.74) is 2.53. The van der Waals surface area contributed by atoms with Gasteiger partial charge < -0.3 is 9.84 Å². The average molecular weight is 269 g/mol. The van der Waals surface area contributed by atoms with Crippen molar-refractivity contribution in [2.45, 2.75) is 25.4 Å². The van der Waals surface area contributed by atoms with Crippen LogP contribution in [-0.2, 0) is 6.42 Å². The second-order valence-corrected chi connectivity index (χ2v) is 5.48. The lowest BCUT2D eigenvalue weighted by atomic mass is 9.83. The van der Waals surface area contributed by atoms with E-state index in [1.54, 1.807) is 0 Å². The van der Waals surface area contributed by atoms with Crippen molar-refractivity contribution in [2.24, 2.45) is 5.92 Å². The molecule has 3 rings (SSSR count). The summed E-state index contributed by atoms with van der Waals surface area (Å²) in [6.45, 7) is 0.709. The Morgan fingerprint density at radius 1 is 1.00 bits per heavy atom. The van der Waals surface area contributed by atoms with Crippen LogP contribution in [0.1, 0.15) is 24.0 Å². The first-order chi connectivity index (χ1) is 9.79. The van der Waals surface area contributed by atoms with Gasteiger partial charge in [0.25, 0.3) is 0 Å². The van der Waals surface area contributed by atoms with Crippen LogP contribution in [0.5, 0.6) is 5.75 Å². The van der Waals surface area contributed by atoms with Gasteiger partial charge in [-0.2, -0.15) is 0 Å². The summed E-state index contributed by atoms with van der Waals surface area (Å²) < 4.78 is 5.74. The van der Waals surface area contributed by atoms with Crippen molar-refractivity contribution >= 4 is 0 Å². The second-order valence-electron chi connectivity index (χ2n) is 5.48. The highest BCUT2D eigenvalue weighted by Crippen LogP contribution is 2.28. The first-order valence-corrected chi connectivity index (χ1v) is 7.08. The lowest BCUT2D eigenvalue weighted by Crippen LogP contribution is -2.32. The fraction of sp³-hybridized carbons (Fsp3) is 0.353. The molecule has 1 aliphatic carbocycles. The highest BCUT2D eigenvalue weighted by atomic mass is 16.5. The van der Waals surface area contributed by atoms with Crippen molar-refractivity contribution in [1.29, 1.82) is 0 Å². The van der Waals surface area contributed by atoms with Crippen molar-refractivity contribution in [1.82, 2.24) is 4.98 Å². The summed E-state index contributed by atoms with van der Waals surface area (Å²) in [7, 11) is 0. The molecule has 1 aromatic heterocycles. The molecular weight excluding hydrogens is 250 g/mol. The van der Waals surface area contributed by atoms with E-state index in [0.29, 0.717) is 12.5 Å². The summed E-state index contributed by atoms with van der Waals surface area (Å²) in [6.07, 6.45) is 6.20. The van der Waals surface area contributed by atoms with Crippen molar-refractivity contribution < 1.29 is 9.84 Å². The Bertz CT molecular complexity index is 533. The molecule has 0 saturated heterocycles. The van der Waals surface area contributed by atoms with Gasteiger partial charge in [-0.25, -0.2) is 0 Å². The van der Waals surface area contributed by atoms with Gasteiger partial charge in [0, 0.05) is 12.4 Å². The Morgan fingerprint density at radius 2 is 1.65 bits per heavy atom. The maximum atomic E-state index is 9.23. The molecule has 3 heteroatoms. The third-order valence-corrected chi connectivity index (χ3v) is 3.78. The van der Waals surface area contributed by atoms with Crippen molar-refractivity contribution in [2.75, 3.05) is 6.61 Å². The van der Waals surface area contributed by atoms with Crippen LogP contribution < -0.4 is 4.74 Å². The lowest BCUT2D eigenvalue weighted by Gasteiger charge is -2.30. The van der Waals surface area contributed by atoms with E-state index in [2.05, 4.69) is 17.1 Å². The molecule has 0 unspecified atom stereocenters. The Morgan fingerprint density at radius 3 is 2.30 bits per heavy atom. The number of nitrogens with zero attached hydrogens (tertiary/aromatic N) is 1. The van der Waals surface area contributed by atoms with E-state index in [4.69, 9.17) is 4.74 Å². The molecule has 1 aromatic carbocycles. The van der Waals surface area contributed by atoms with E-state index in [1.807, 2.05) is 36.7 Å². The highest BCUT2D eigenvalue weighted by molar-refractivity contribution is 5.30. The van der Waals surface area contributed by atoms with Gasteiger partial charge in [0.2, 0.25) is 0 Å². The van der Waals surface area contributed by atoms with Gasteiger partial charge in [-0.1, -0.05) is 12.1 Å². The van der Waals surface area contributed by atoms with Gasteiger partial charge in [-0.05, 0) is 60.6 Å². The van der Waals surface area contributed by atoms with E-state index < -0.39 is 0 Å². The molecule has 1 saturated carbocycles. The number of hydrogen-bond acceptors (Lipinski definition) is 3.